The molecule has 1 nitrogen and oxygen atoms in total. The molecule has 0 unspecified atom stereocenters. The average molecular weight is 376 g/mol. The van der Waals surface area contributed by atoms with E-state index in [1.165, 1.54) is 0 Å². The lowest BCUT2D eigenvalue weighted by molar-refractivity contribution is 0.562. The third-order valence-electron chi connectivity index (χ3n) is 1.32. The molecule has 0 aliphatic carbocycles. The molecule has 0 amide bonds. The maximum absolute atomic E-state index is 13.1. The molecule has 0 radical (unpaired) electrons. The van der Waals surface area contributed by atoms with Crippen molar-refractivity contribution in [3.05, 3.63) is 30.6 Å². The number of halogens is 5. The number of nitrogens with zero attached hydrogens (tertiary/aromatic N) is 1. The molecule has 0 aromatic heterocycles. The summed E-state index contributed by atoms with van der Waals surface area (Å²) in [5.41, 5.74) is -0.0989. The van der Waals surface area contributed by atoms with Gasteiger partial charge in [0.1, 0.15) is 6.07 Å². The Morgan fingerprint density at radius 1 is 0.923 bits per heavy atom. The van der Waals surface area contributed by atoms with Crippen molar-refractivity contribution in [1.82, 2.24) is 0 Å². The molecule has 0 heterocycles. The predicted molar refractivity (Wildman–Crippen MR) is 54.2 cm³/mol. The van der Waals surface area contributed by atoms with Gasteiger partial charge in [-0.1, -0.05) is 0 Å². The lowest BCUT2D eigenvalue weighted by atomic mass is 10.2. The SMILES string of the molecule is N#Cc1c(Br)c(F)c(Br)c(F)c1Br. The third kappa shape index (κ3) is 1.78. The van der Waals surface area contributed by atoms with Crippen LogP contribution in [0.25, 0.3) is 0 Å². The second-order valence-corrected chi connectivity index (χ2v) is 4.44. The highest BCUT2D eigenvalue weighted by atomic mass is 79.9. The third-order valence-corrected chi connectivity index (χ3v) is 3.51. The summed E-state index contributed by atoms with van der Waals surface area (Å²) in [7, 11) is 0. The van der Waals surface area contributed by atoms with E-state index < -0.39 is 11.6 Å². The standard InChI is InChI=1S/C7Br3F2N/c8-3-2(1-13)4(9)7(12)5(10)6(3)11. The zero-order valence-electron chi connectivity index (χ0n) is 5.84. The smallest absolute Gasteiger partial charge is 0.155 e. The molecule has 68 valence electrons. The Morgan fingerprint density at radius 2 is 1.31 bits per heavy atom. The molecule has 0 aliphatic rings. The monoisotopic (exact) mass is 373 g/mol. The maximum atomic E-state index is 13.1. The molecule has 1 rings (SSSR count). The molecule has 0 aliphatic heterocycles. The molecule has 0 spiro atoms. The highest BCUT2D eigenvalue weighted by Crippen LogP contribution is 2.35. The number of rotatable bonds is 0. The van der Waals surface area contributed by atoms with Gasteiger partial charge in [-0.2, -0.15) is 5.26 Å². The fourth-order valence-corrected chi connectivity index (χ4v) is 2.87. The van der Waals surface area contributed by atoms with Crippen LogP contribution in [0, 0.1) is 23.0 Å². The van der Waals surface area contributed by atoms with E-state index in [9.17, 15) is 8.78 Å². The van der Waals surface area contributed by atoms with Gasteiger partial charge in [-0.25, -0.2) is 8.78 Å². The van der Waals surface area contributed by atoms with Crippen molar-refractivity contribution in [1.29, 1.82) is 5.26 Å². The van der Waals surface area contributed by atoms with Crippen molar-refractivity contribution in [3.8, 4) is 6.07 Å². The van der Waals surface area contributed by atoms with E-state index in [0.29, 0.717) is 0 Å². The molecule has 0 bridgehead atoms. The summed E-state index contributed by atoms with van der Waals surface area (Å²) < 4.78 is 25.8. The van der Waals surface area contributed by atoms with Gasteiger partial charge >= 0.3 is 0 Å². The summed E-state index contributed by atoms with van der Waals surface area (Å²) in [4.78, 5) is 0. The molecular weight excluding hydrogens is 376 g/mol. The maximum Gasteiger partial charge on any atom is 0.155 e. The fourth-order valence-electron chi connectivity index (χ4n) is 0.703. The highest BCUT2D eigenvalue weighted by molar-refractivity contribution is 9.11. The van der Waals surface area contributed by atoms with E-state index in [1.807, 2.05) is 0 Å². The van der Waals surface area contributed by atoms with Crippen LogP contribution in [-0.2, 0) is 0 Å². The second-order valence-electron chi connectivity index (χ2n) is 2.06. The van der Waals surface area contributed by atoms with Gasteiger partial charge in [-0.15, -0.1) is 0 Å². The van der Waals surface area contributed by atoms with Gasteiger partial charge in [0.05, 0.1) is 19.0 Å². The van der Waals surface area contributed by atoms with Crippen molar-refractivity contribution in [2.24, 2.45) is 0 Å². The largest absolute Gasteiger partial charge is 0.204 e. The number of hydrogen-bond donors (Lipinski definition) is 0. The van der Waals surface area contributed by atoms with E-state index in [4.69, 9.17) is 5.26 Å². The lowest BCUT2D eigenvalue weighted by Crippen LogP contribution is -1.93. The molecule has 0 N–H and O–H groups in total. The Morgan fingerprint density at radius 3 is 1.62 bits per heavy atom. The topological polar surface area (TPSA) is 23.8 Å². The number of hydrogen-bond acceptors (Lipinski definition) is 1. The summed E-state index contributed by atoms with van der Waals surface area (Å²) in [6.45, 7) is 0. The summed E-state index contributed by atoms with van der Waals surface area (Å²) in [6.07, 6.45) is 0. The molecule has 0 atom stereocenters. The van der Waals surface area contributed by atoms with Crippen molar-refractivity contribution in [2.75, 3.05) is 0 Å². The quantitative estimate of drug-likeness (QED) is 0.494. The normalized spacial score (nSPS) is 9.85. The zero-order valence-corrected chi connectivity index (χ0v) is 10.6. The Bertz CT molecular complexity index is 382. The van der Waals surface area contributed by atoms with Gasteiger partial charge in [0, 0.05) is 0 Å². The Kier molecular flexibility index (Phi) is 3.44. The Balaban J connectivity index is 3.69. The molecule has 1 aromatic carbocycles. The summed E-state index contributed by atoms with van der Waals surface area (Å²) in [5.74, 6) is -1.64. The summed E-state index contributed by atoms with van der Waals surface area (Å²) >= 11 is 8.43. The Labute approximate surface area is 98.1 Å². The minimum atomic E-state index is -0.822. The van der Waals surface area contributed by atoms with Crippen LogP contribution in [0.1, 0.15) is 5.56 Å². The molecule has 6 heteroatoms. The average Bonchev–Trinajstić information content (AvgIpc) is 2.13. The van der Waals surface area contributed by atoms with Crippen LogP contribution >= 0.6 is 47.8 Å². The first-order valence-electron chi connectivity index (χ1n) is 2.92. The zero-order chi connectivity index (χ0) is 10.2. The minimum Gasteiger partial charge on any atom is -0.204 e. The van der Waals surface area contributed by atoms with Crippen LogP contribution in [0.15, 0.2) is 13.4 Å². The van der Waals surface area contributed by atoms with Crippen LogP contribution in [-0.4, -0.2) is 0 Å². The molecule has 0 saturated carbocycles. The summed E-state index contributed by atoms with van der Waals surface area (Å²) in [6, 6.07) is 1.68. The lowest BCUT2D eigenvalue weighted by Gasteiger charge is -2.04. The first-order valence-corrected chi connectivity index (χ1v) is 5.30. The van der Waals surface area contributed by atoms with Crippen LogP contribution in [0.2, 0.25) is 0 Å². The summed E-state index contributed by atoms with van der Waals surface area (Å²) in [5, 5.41) is 8.58. The number of benzene rings is 1. The Hall–Kier alpha value is 0.01000. The van der Waals surface area contributed by atoms with E-state index in [0.717, 1.165) is 0 Å². The first kappa shape index (κ1) is 11.1. The van der Waals surface area contributed by atoms with Crippen LogP contribution < -0.4 is 0 Å². The van der Waals surface area contributed by atoms with Crippen molar-refractivity contribution in [3.63, 3.8) is 0 Å². The molecule has 13 heavy (non-hydrogen) atoms. The van der Waals surface area contributed by atoms with Crippen molar-refractivity contribution in [2.45, 2.75) is 0 Å². The molecule has 1 aromatic rings. The first-order chi connectivity index (χ1) is 6.00. The van der Waals surface area contributed by atoms with E-state index in [1.54, 1.807) is 6.07 Å². The van der Waals surface area contributed by atoms with Gasteiger partial charge in [0.2, 0.25) is 0 Å². The minimum absolute atomic E-state index is 0.0600. The van der Waals surface area contributed by atoms with Gasteiger partial charge in [0.15, 0.2) is 11.6 Å². The molecule has 0 saturated heterocycles. The molecular formula is C7Br3F2N. The van der Waals surface area contributed by atoms with Crippen LogP contribution in [0.3, 0.4) is 0 Å². The predicted octanol–water partition coefficient (Wildman–Crippen LogP) is 4.12. The van der Waals surface area contributed by atoms with Gasteiger partial charge in [-0.3, -0.25) is 0 Å². The van der Waals surface area contributed by atoms with Gasteiger partial charge < -0.3 is 0 Å². The molecule has 0 fully saturated rings. The second kappa shape index (κ2) is 4.03. The van der Waals surface area contributed by atoms with E-state index >= 15 is 0 Å². The van der Waals surface area contributed by atoms with E-state index in [-0.39, 0.29) is 19.0 Å². The fraction of sp³-hybridized carbons (Fsp3) is 0. The van der Waals surface area contributed by atoms with Gasteiger partial charge in [-0.05, 0) is 47.8 Å². The number of nitriles is 1. The highest BCUT2D eigenvalue weighted by Gasteiger charge is 2.20. The van der Waals surface area contributed by atoms with Crippen molar-refractivity contribution >= 4 is 47.8 Å². The van der Waals surface area contributed by atoms with Crippen molar-refractivity contribution < 1.29 is 8.78 Å². The van der Waals surface area contributed by atoms with Crippen LogP contribution in [0.5, 0.6) is 0 Å². The van der Waals surface area contributed by atoms with E-state index in [2.05, 4.69) is 47.8 Å². The van der Waals surface area contributed by atoms with Crippen LogP contribution in [0.4, 0.5) is 8.78 Å². The van der Waals surface area contributed by atoms with Gasteiger partial charge in [0.25, 0.3) is 0 Å².